The second kappa shape index (κ2) is 2.01. The zero-order valence-corrected chi connectivity index (χ0v) is 6.84. The number of allylic oxidation sites excluding steroid dienone is 2. The Hall–Kier alpha value is -0.500. The molecule has 0 heterocycles. The van der Waals surface area contributed by atoms with Gasteiger partial charge in [0.2, 0.25) is 5.91 Å². The Bertz CT molecular complexity index is 238. The van der Waals surface area contributed by atoms with Crippen LogP contribution in [0.2, 0.25) is 0 Å². The first-order valence-corrected chi connectivity index (χ1v) is 4.18. The number of rotatable bonds is 1. The van der Waals surface area contributed by atoms with Crippen molar-refractivity contribution in [1.82, 2.24) is 0 Å². The molecule has 3 atom stereocenters. The van der Waals surface area contributed by atoms with E-state index in [0.717, 1.165) is 12.8 Å². The maximum absolute atomic E-state index is 11.0. The highest BCUT2D eigenvalue weighted by atomic mass is 35.5. The molecule has 2 aliphatic rings. The number of carbonyl (C=O) groups excluding carboxylic acids is 1. The molecule has 1 amide bonds. The van der Waals surface area contributed by atoms with Crippen LogP contribution in [0.3, 0.4) is 0 Å². The number of nitrogens with two attached hydrogens (primary N) is 1. The summed E-state index contributed by atoms with van der Waals surface area (Å²) in [6.07, 6.45) is 5.89. The number of hydrogen-bond acceptors (Lipinski definition) is 1. The molecule has 0 spiro atoms. The minimum Gasteiger partial charge on any atom is -0.368 e. The average Bonchev–Trinajstić information content (AvgIpc) is 2.45. The fourth-order valence-electron chi connectivity index (χ4n) is 2.08. The zero-order valence-electron chi connectivity index (χ0n) is 6.09. The van der Waals surface area contributed by atoms with Crippen molar-refractivity contribution in [3.8, 4) is 0 Å². The Morgan fingerprint density at radius 3 is 2.64 bits per heavy atom. The largest absolute Gasteiger partial charge is 0.368 e. The number of hydrogen-bond donors (Lipinski definition) is 1. The molecule has 0 aliphatic heterocycles. The van der Waals surface area contributed by atoms with Gasteiger partial charge >= 0.3 is 0 Å². The molecule has 1 saturated carbocycles. The quantitative estimate of drug-likeness (QED) is 0.465. The first-order valence-electron chi connectivity index (χ1n) is 3.80. The first-order chi connectivity index (χ1) is 5.13. The van der Waals surface area contributed by atoms with Crippen LogP contribution in [0.1, 0.15) is 12.8 Å². The normalized spacial score (nSPS) is 46.6. The molecule has 2 aliphatic carbocycles. The van der Waals surface area contributed by atoms with Gasteiger partial charge in [-0.1, -0.05) is 12.2 Å². The van der Waals surface area contributed by atoms with E-state index >= 15 is 0 Å². The van der Waals surface area contributed by atoms with Crippen LogP contribution in [0, 0.1) is 11.8 Å². The van der Waals surface area contributed by atoms with E-state index in [1.807, 2.05) is 6.08 Å². The molecule has 0 unspecified atom stereocenters. The summed E-state index contributed by atoms with van der Waals surface area (Å²) < 4.78 is 0. The Morgan fingerprint density at radius 1 is 1.64 bits per heavy atom. The summed E-state index contributed by atoms with van der Waals surface area (Å²) in [6.45, 7) is 0. The summed E-state index contributed by atoms with van der Waals surface area (Å²) in [7, 11) is 0. The predicted octanol–water partition coefficient (Wildman–Crippen LogP) is 1.05. The summed E-state index contributed by atoms with van der Waals surface area (Å²) >= 11 is 6.08. The molecule has 0 saturated heterocycles. The predicted molar refractivity (Wildman–Crippen MR) is 43.1 cm³/mol. The van der Waals surface area contributed by atoms with Gasteiger partial charge in [0.1, 0.15) is 4.87 Å². The topological polar surface area (TPSA) is 43.1 Å². The summed E-state index contributed by atoms with van der Waals surface area (Å²) in [5.41, 5.74) is 5.21. The third kappa shape index (κ3) is 0.822. The van der Waals surface area contributed by atoms with Gasteiger partial charge in [-0.25, -0.2) is 0 Å². The monoisotopic (exact) mass is 171 g/mol. The standard InChI is InChI=1S/C8H10ClNO/c9-8(7(10)11)4-5-1-2-6(8)3-5/h1-2,5-6H,3-4H2,(H2,10,11)/t5-,6+,8-/m0/s1. The molecule has 3 heteroatoms. The lowest BCUT2D eigenvalue weighted by atomic mass is 9.92. The molecule has 2 bridgehead atoms. The highest BCUT2D eigenvalue weighted by molar-refractivity contribution is 6.35. The zero-order chi connectivity index (χ0) is 8.06. The van der Waals surface area contributed by atoms with E-state index in [1.54, 1.807) is 0 Å². The number of carbonyl (C=O) groups is 1. The number of alkyl halides is 1. The minimum atomic E-state index is -0.764. The van der Waals surface area contributed by atoms with E-state index in [4.69, 9.17) is 17.3 Å². The first kappa shape index (κ1) is 7.17. The second-order valence-corrected chi connectivity index (χ2v) is 4.09. The van der Waals surface area contributed by atoms with Gasteiger partial charge in [-0.05, 0) is 18.8 Å². The molecule has 2 rings (SSSR count). The molecular formula is C8H10ClNO. The fourth-order valence-corrected chi connectivity index (χ4v) is 2.44. The maximum atomic E-state index is 11.0. The summed E-state index contributed by atoms with van der Waals surface area (Å²) in [5, 5.41) is 0. The molecular weight excluding hydrogens is 162 g/mol. The van der Waals surface area contributed by atoms with Crippen LogP contribution in [0.15, 0.2) is 12.2 Å². The van der Waals surface area contributed by atoms with Crippen molar-refractivity contribution in [1.29, 1.82) is 0 Å². The Kier molecular flexibility index (Phi) is 1.31. The van der Waals surface area contributed by atoms with Gasteiger partial charge in [0.05, 0.1) is 0 Å². The molecule has 1 fully saturated rings. The molecule has 0 aromatic carbocycles. The highest BCUT2D eigenvalue weighted by Crippen LogP contribution is 2.49. The SMILES string of the molecule is NC(=O)[C@]1(Cl)C[C@H]2C=C[C@@H]1C2. The Labute approximate surface area is 70.4 Å². The van der Waals surface area contributed by atoms with Crippen molar-refractivity contribution >= 4 is 17.5 Å². The summed E-state index contributed by atoms with van der Waals surface area (Å²) in [4.78, 5) is 10.2. The maximum Gasteiger partial charge on any atom is 0.239 e. The van der Waals surface area contributed by atoms with Crippen LogP contribution in [-0.4, -0.2) is 10.8 Å². The second-order valence-electron chi connectivity index (χ2n) is 3.42. The van der Waals surface area contributed by atoms with Gasteiger partial charge in [-0.2, -0.15) is 0 Å². The number of primary amides is 1. The van der Waals surface area contributed by atoms with E-state index in [-0.39, 0.29) is 11.8 Å². The van der Waals surface area contributed by atoms with Crippen molar-refractivity contribution in [2.24, 2.45) is 17.6 Å². The van der Waals surface area contributed by atoms with Crippen LogP contribution in [0.4, 0.5) is 0 Å². The smallest absolute Gasteiger partial charge is 0.239 e. The lowest BCUT2D eigenvalue weighted by Gasteiger charge is -2.24. The van der Waals surface area contributed by atoms with Crippen molar-refractivity contribution in [2.45, 2.75) is 17.7 Å². The van der Waals surface area contributed by atoms with E-state index in [1.165, 1.54) is 0 Å². The average molecular weight is 172 g/mol. The van der Waals surface area contributed by atoms with Gasteiger partial charge in [0, 0.05) is 5.92 Å². The van der Waals surface area contributed by atoms with Crippen molar-refractivity contribution in [2.75, 3.05) is 0 Å². The summed E-state index contributed by atoms with van der Waals surface area (Å²) in [5.74, 6) is 0.313. The number of fused-ring (bicyclic) bond motifs is 2. The van der Waals surface area contributed by atoms with Crippen LogP contribution in [0.25, 0.3) is 0 Å². The molecule has 0 aromatic heterocycles. The van der Waals surface area contributed by atoms with E-state index in [2.05, 4.69) is 6.08 Å². The van der Waals surface area contributed by atoms with Gasteiger partial charge < -0.3 is 5.73 Å². The number of amides is 1. The lowest BCUT2D eigenvalue weighted by Crippen LogP contribution is -2.41. The van der Waals surface area contributed by atoms with Crippen molar-refractivity contribution < 1.29 is 4.79 Å². The van der Waals surface area contributed by atoms with Crippen LogP contribution < -0.4 is 5.73 Å². The highest BCUT2D eigenvalue weighted by Gasteiger charge is 2.51. The molecule has 60 valence electrons. The van der Waals surface area contributed by atoms with Crippen molar-refractivity contribution in [3.63, 3.8) is 0 Å². The van der Waals surface area contributed by atoms with Crippen LogP contribution >= 0.6 is 11.6 Å². The lowest BCUT2D eigenvalue weighted by molar-refractivity contribution is -0.121. The molecule has 2 N–H and O–H groups in total. The van der Waals surface area contributed by atoms with Gasteiger partial charge in [-0.3, -0.25) is 4.79 Å². The van der Waals surface area contributed by atoms with Crippen LogP contribution in [-0.2, 0) is 4.79 Å². The third-order valence-electron chi connectivity index (χ3n) is 2.73. The third-order valence-corrected chi connectivity index (χ3v) is 3.35. The van der Waals surface area contributed by atoms with Crippen molar-refractivity contribution in [3.05, 3.63) is 12.2 Å². The molecule has 0 radical (unpaired) electrons. The van der Waals surface area contributed by atoms with Gasteiger partial charge in [0.15, 0.2) is 0 Å². The fraction of sp³-hybridized carbons (Fsp3) is 0.625. The molecule has 0 aromatic rings. The van der Waals surface area contributed by atoms with Crippen LogP contribution in [0.5, 0.6) is 0 Å². The van der Waals surface area contributed by atoms with E-state index in [9.17, 15) is 4.79 Å². The van der Waals surface area contributed by atoms with Gasteiger partial charge in [-0.15, -0.1) is 11.6 Å². The van der Waals surface area contributed by atoms with Gasteiger partial charge in [0.25, 0.3) is 0 Å². The summed E-state index contributed by atoms with van der Waals surface area (Å²) in [6, 6.07) is 0. The molecule has 11 heavy (non-hydrogen) atoms. The van der Waals surface area contributed by atoms with E-state index in [0.29, 0.717) is 5.92 Å². The Morgan fingerprint density at radius 2 is 2.36 bits per heavy atom. The number of halogens is 1. The van der Waals surface area contributed by atoms with E-state index < -0.39 is 4.87 Å². The molecule has 2 nitrogen and oxygen atoms in total. The Balaban J connectivity index is 2.30. The minimum absolute atomic E-state index is 0.187.